The van der Waals surface area contributed by atoms with Gasteiger partial charge in [0.1, 0.15) is 12.4 Å². The summed E-state index contributed by atoms with van der Waals surface area (Å²) in [6.45, 7) is 8.33. The number of nitrogens with one attached hydrogen (secondary N) is 1. The first kappa shape index (κ1) is 17.6. The van der Waals surface area contributed by atoms with Gasteiger partial charge in [0.15, 0.2) is 0 Å². The number of methoxy groups -OCH3 is 1. The van der Waals surface area contributed by atoms with E-state index >= 15 is 0 Å². The van der Waals surface area contributed by atoms with Gasteiger partial charge in [-0.15, -0.1) is 0 Å². The van der Waals surface area contributed by atoms with Crippen LogP contribution in [0.5, 0.6) is 5.75 Å². The molecule has 0 aliphatic carbocycles. The van der Waals surface area contributed by atoms with Gasteiger partial charge < -0.3 is 14.8 Å². The molecule has 0 aliphatic rings. The van der Waals surface area contributed by atoms with E-state index in [-0.39, 0.29) is 6.10 Å². The first-order valence-electron chi connectivity index (χ1n) is 6.78. The number of rotatable bonds is 8. The van der Waals surface area contributed by atoms with Gasteiger partial charge in [-0.05, 0) is 31.5 Å². The molecular weight excluding hydrogens is 297 g/mol. The number of benzene rings is 1. The van der Waals surface area contributed by atoms with E-state index in [1.54, 1.807) is 13.2 Å². The third-order valence-corrected chi connectivity index (χ3v) is 3.32. The Labute approximate surface area is 131 Å². The van der Waals surface area contributed by atoms with Crippen LogP contribution < -0.4 is 10.1 Å². The number of halogens is 2. The van der Waals surface area contributed by atoms with Crippen molar-refractivity contribution in [2.75, 3.05) is 20.3 Å². The number of hydrogen-bond donors (Lipinski definition) is 1. The van der Waals surface area contributed by atoms with E-state index in [2.05, 4.69) is 19.2 Å². The predicted molar refractivity (Wildman–Crippen MR) is 85.0 cm³/mol. The molecule has 0 heterocycles. The van der Waals surface area contributed by atoms with E-state index in [0.717, 1.165) is 12.1 Å². The Morgan fingerprint density at radius 1 is 1.20 bits per heavy atom. The Kier molecular flexibility index (Phi) is 7.67. The van der Waals surface area contributed by atoms with Gasteiger partial charge in [-0.3, -0.25) is 0 Å². The van der Waals surface area contributed by atoms with Crippen molar-refractivity contribution in [3.63, 3.8) is 0 Å². The molecule has 0 saturated heterocycles. The standard InChI is InChI=1S/C15H23Cl2NO2/c1-10(2)7-18-8-12-5-13(16)6-14(17)15(12)20-9-11(3)19-4/h5-6,10-11,18H,7-9H2,1-4H3. The van der Waals surface area contributed by atoms with Crippen molar-refractivity contribution in [1.29, 1.82) is 0 Å². The molecule has 0 spiro atoms. The molecule has 114 valence electrons. The molecule has 1 unspecified atom stereocenters. The summed E-state index contributed by atoms with van der Waals surface area (Å²) in [7, 11) is 1.66. The minimum Gasteiger partial charge on any atom is -0.489 e. The van der Waals surface area contributed by atoms with Gasteiger partial charge >= 0.3 is 0 Å². The van der Waals surface area contributed by atoms with Crippen molar-refractivity contribution in [1.82, 2.24) is 5.32 Å². The zero-order valence-electron chi connectivity index (χ0n) is 12.5. The summed E-state index contributed by atoms with van der Waals surface area (Å²) in [6.07, 6.45) is 0.0122. The predicted octanol–water partition coefficient (Wildman–Crippen LogP) is 4.15. The fourth-order valence-electron chi connectivity index (χ4n) is 1.67. The lowest BCUT2D eigenvalue weighted by atomic mass is 10.1. The summed E-state index contributed by atoms with van der Waals surface area (Å²) in [4.78, 5) is 0. The van der Waals surface area contributed by atoms with Crippen molar-refractivity contribution in [3.05, 3.63) is 27.7 Å². The monoisotopic (exact) mass is 319 g/mol. The highest BCUT2D eigenvalue weighted by Gasteiger charge is 2.12. The van der Waals surface area contributed by atoms with Crippen LogP contribution in [-0.2, 0) is 11.3 Å². The number of hydrogen-bond acceptors (Lipinski definition) is 3. The Morgan fingerprint density at radius 3 is 2.50 bits per heavy atom. The summed E-state index contributed by atoms with van der Waals surface area (Å²) in [6, 6.07) is 3.58. The van der Waals surface area contributed by atoms with E-state index in [1.165, 1.54) is 0 Å². The maximum atomic E-state index is 6.22. The fraction of sp³-hybridized carbons (Fsp3) is 0.600. The molecule has 1 aromatic carbocycles. The van der Waals surface area contributed by atoms with Gasteiger partial charge in [0.2, 0.25) is 0 Å². The van der Waals surface area contributed by atoms with Crippen LogP contribution in [0.3, 0.4) is 0 Å². The average Bonchev–Trinajstić information content (AvgIpc) is 2.36. The highest BCUT2D eigenvalue weighted by Crippen LogP contribution is 2.32. The summed E-state index contributed by atoms with van der Waals surface area (Å²) >= 11 is 12.3. The molecule has 0 radical (unpaired) electrons. The van der Waals surface area contributed by atoms with E-state index < -0.39 is 0 Å². The van der Waals surface area contributed by atoms with Gasteiger partial charge in [0, 0.05) is 24.2 Å². The summed E-state index contributed by atoms with van der Waals surface area (Å²) in [5.74, 6) is 1.26. The van der Waals surface area contributed by atoms with Crippen molar-refractivity contribution in [3.8, 4) is 5.75 Å². The molecule has 1 N–H and O–H groups in total. The van der Waals surface area contributed by atoms with Crippen LogP contribution in [0, 0.1) is 5.92 Å². The van der Waals surface area contributed by atoms with Crippen LogP contribution in [0.2, 0.25) is 10.0 Å². The topological polar surface area (TPSA) is 30.5 Å². The number of ether oxygens (including phenoxy) is 2. The lowest BCUT2D eigenvalue weighted by molar-refractivity contribution is 0.0713. The van der Waals surface area contributed by atoms with Crippen LogP contribution in [0.4, 0.5) is 0 Å². The van der Waals surface area contributed by atoms with E-state index in [1.807, 2.05) is 13.0 Å². The van der Waals surface area contributed by atoms with Crippen molar-refractivity contribution in [2.24, 2.45) is 5.92 Å². The van der Waals surface area contributed by atoms with Gasteiger partial charge in [0.25, 0.3) is 0 Å². The lowest BCUT2D eigenvalue weighted by Gasteiger charge is -2.17. The van der Waals surface area contributed by atoms with Crippen LogP contribution in [0.15, 0.2) is 12.1 Å². The Hall–Kier alpha value is -0.480. The fourth-order valence-corrected chi connectivity index (χ4v) is 2.26. The Bertz CT molecular complexity index is 425. The minimum absolute atomic E-state index is 0.0122. The molecule has 0 aliphatic heterocycles. The molecule has 0 aromatic heterocycles. The molecule has 20 heavy (non-hydrogen) atoms. The zero-order valence-corrected chi connectivity index (χ0v) is 14.0. The van der Waals surface area contributed by atoms with Crippen molar-refractivity contribution < 1.29 is 9.47 Å². The second-order valence-electron chi connectivity index (χ2n) is 5.26. The normalized spacial score (nSPS) is 12.8. The lowest BCUT2D eigenvalue weighted by Crippen LogP contribution is -2.21. The minimum atomic E-state index is 0.0122. The quantitative estimate of drug-likeness (QED) is 0.780. The van der Waals surface area contributed by atoms with Gasteiger partial charge in [0.05, 0.1) is 11.1 Å². The highest BCUT2D eigenvalue weighted by molar-refractivity contribution is 6.35. The SMILES string of the molecule is COC(C)COc1c(Cl)cc(Cl)cc1CNCC(C)C. The van der Waals surface area contributed by atoms with Crippen LogP contribution >= 0.6 is 23.2 Å². The second kappa shape index (κ2) is 8.73. The summed E-state index contributed by atoms with van der Waals surface area (Å²) in [5.41, 5.74) is 0.964. The maximum Gasteiger partial charge on any atom is 0.142 e. The largest absolute Gasteiger partial charge is 0.489 e. The van der Waals surface area contributed by atoms with Crippen molar-refractivity contribution in [2.45, 2.75) is 33.4 Å². The molecule has 0 saturated carbocycles. The third kappa shape index (κ3) is 5.88. The summed E-state index contributed by atoms with van der Waals surface area (Å²) in [5, 5.41) is 4.51. The van der Waals surface area contributed by atoms with E-state index in [9.17, 15) is 0 Å². The van der Waals surface area contributed by atoms with E-state index in [0.29, 0.717) is 34.9 Å². The maximum absolute atomic E-state index is 6.22. The highest BCUT2D eigenvalue weighted by atomic mass is 35.5. The van der Waals surface area contributed by atoms with Crippen molar-refractivity contribution >= 4 is 23.2 Å². The molecule has 0 amide bonds. The average molecular weight is 320 g/mol. The zero-order chi connectivity index (χ0) is 15.1. The molecule has 1 aromatic rings. The first-order valence-corrected chi connectivity index (χ1v) is 7.53. The molecule has 0 fully saturated rings. The molecule has 5 heteroatoms. The molecule has 0 bridgehead atoms. The first-order chi connectivity index (χ1) is 9.43. The van der Waals surface area contributed by atoms with Crippen LogP contribution in [0.25, 0.3) is 0 Å². The van der Waals surface area contributed by atoms with Crippen LogP contribution in [-0.4, -0.2) is 26.4 Å². The molecule has 3 nitrogen and oxygen atoms in total. The van der Waals surface area contributed by atoms with Crippen LogP contribution in [0.1, 0.15) is 26.3 Å². The third-order valence-electron chi connectivity index (χ3n) is 2.82. The van der Waals surface area contributed by atoms with Gasteiger partial charge in [-0.25, -0.2) is 0 Å². The van der Waals surface area contributed by atoms with Gasteiger partial charge in [-0.2, -0.15) is 0 Å². The smallest absolute Gasteiger partial charge is 0.142 e. The van der Waals surface area contributed by atoms with E-state index in [4.69, 9.17) is 32.7 Å². The molecule has 1 rings (SSSR count). The Balaban J connectivity index is 2.78. The molecular formula is C15H23Cl2NO2. The summed E-state index contributed by atoms with van der Waals surface area (Å²) < 4.78 is 11.0. The Morgan fingerprint density at radius 2 is 1.90 bits per heavy atom. The second-order valence-corrected chi connectivity index (χ2v) is 6.10. The molecule has 1 atom stereocenters. The van der Waals surface area contributed by atoms with Gasteiger partial charge in [-0.1, -0.05) is 37.0 Å².